The van der Waals surface area contributed by atoms with E-state index in [9.17, 15) is 0 Å². The standard InChI is InChI=1S/C20H27N5.HI/c1-16-7-6-8-18(13-16)24-20(21)23-15-17-9-10-19(22-14-17)25-11-4-2-3-5-12-25;/h6-10,13-14H,2-5,11-12,15H2,1H3,(H3,21,23,24);1H. The van der Waals surface area contributed by atoms with E-state index >= 15 is 0 Å². The fourth-order valence-corrected chi connectivity index (χ4v) is 3.08. The molecular formula is C20H28IN5. The summed E-state index contributed by atoms with van der Waals surface area (Å²) in [4.78, 5) is 11.4. The van der Waals surface area contributed by atoms with Crippen LogP contribution < -0.4 is 16.0 Å². The Balaban J connectivity index is 0.00000243. The molecule has 2 heterocycles. The SMILES string of the molecule is Cc1cccc(NC(N)=NCc2ccc(N3CCCCCC3)nc2)c1.I. The molecule has 2 aromatic rings. The number of nitrogens with two attached hydrogens (primary N) is 1. The van der Waals surface area contributed by atoms with E-state index in [0.717, 1.165) is 30.2 Å². The molecule has 0 radical (unpaired) electrons. The molecule has 6 heteroatoms. The van der Waals surface area contributed by atoms with Crippen LogP contribution in [0.3, 0.4) is 0 Å². The maximum absolute atomic E-state index is 5.98. The van der Waals surface area contributed by atoms with Gasteiger partial charge in [-0.05, 0) is 49.1 Å². The van der Waals surface area contributed by atoms with Crippen molar-refractivity contribution in [3.63, 3.8) is 0 Å². The number of pyridine rings is 1. The highest BCUT2D eigenvalue weighted by Crippen LogP contribution is 2.17. The van der Waals surface area contributed by atoms with Crippen LogP contribution in [0.1, 0.15) is 36.8 Å². The Kier molecular flexibility index (Phi) is 8.15. The number of rotatable bonds is 4. The van der Waals surface area contributed by atoms with Crippen molar-refractivity contribution in [1.29, 1.82) is 0 Å². The summed E-state index contributed by atoms with van der Waals surface area (Å²) in [7, 11) is 0. The van der Waals surface area contributed by atoms with Crippen LogP contribution in [0, 0.1) is 6.92 Å². The number of hydrogen-bond donors (Lipinski definition) is 2. The summed E-state index contributed by atoms with van der Waals surface area (Å²) >= 11 is 0. The second-order valence-corrected chi connectivity index (χ2v) is 6.62. The van der Waals surface area contributed by atoms with Gasteiger partial charge in [-0.2, -0.15) is 0 Å². The lowest BCUT2D eigenvalue weighted by Gasteiger charge is -2.21. The summed E-state index contributed by atoms with van der Waals surface area (Å²) in [6, 6.07) is 12.3. The van der Waals surface area contributed by atoms with Gasteiger partial charge in [0.2, 0.25) is 0 Å². The van der Waals surface area contributed by atoms with E-state index in [1.807, 2.05) is 24.4 Å². The average Bonchev–Trinajstić information content (AvgIpc) is 2.90. The lowest BCUT2D eigenvalue weighted by atomic mass is 10.2. The molecule has 5 nitrogen and oxygen atoms in total. The molecular weight excluding hydrogens is 437 g/mol. The number of anilines is 2. The minimum Gasteiger partial charge on any atom is -0.370 e. The fraction of sp³-hybridized carbons (Fsp3) is 0.400. The maximum Gasteiger partial charge on any atom is 0.193 e. The first kappa shape index (κ1) is 20.5. The molecule has 1 aliphatic heterocycles. The van der Waals surface area contributed by atoms with Gasteiger partial charge in [0.15, 0.2) is 5.96 Å². The van der Waals surface area contributed by atoms with Crippen LogP contribution in [0.25, 0.3) is 0 Å². The summed E-state index contributed by atoms with van der Waals surface area (Å²) < 4.78 is 0. The second kappa shape index (κ2) is 10.4. The molecule has 1 aromatic heterocycles. The van der Waals surface area contributed by atoms with Crippen molar-refractivity contribution in [1.82, 2.24) is 4.98 Å². The number of aliphatic imine (C=N–C) groups is 1. The molecule has 0 spiro atoms. The molecule has 0 aliphatic carbocycles. The topological polar surface area (TPSA) is 66.5 Å². The Morgan fingerprint density at radius 3 is 2.58 bits per heavy atom. The third-order valence-electron chi connectivity index (χ3n) is 4.46. The number of hydrogen-bond acceptors (Lipinski definition) is 3. The predicted molar refractivity (Wildman–Crippen MR) is 120 cm³/mol. The van der Waals surface area contributed by atoms with Crippen LogP contribution in [0.4, 0.5) is 11.5 Å². The third-order valence-corrected chi connectivity index (χ3v) is 4.46. The number of aromatic nitrogens is 1. The molecule has 0 saturated carbocycles. The molecule has 1 aromatic carbocycles. The summed E-state index contributed by atoms with van der Waals surface area (Å²) in [5.41, 5.74) is 9.18. The number of nitrogens with zero attached hydrogens (tertiary/aromatic N) is 3. The van der Waals surface area contributed by atoms with Gasteiger partial charge in [0.25, 0.3) is 0 Å². The van der Waals surface area contributed by atoms with E-state index in [2.05, 4.69) is 45.3 Å². The van der Waals surface area contributed by atoms with Gasteiger partial charge in [-0.1, -0.05) is 31.0 Å². The van der Waals surface area contributed by atoms with E-state index < -0.39 is 0 Å². The van der Waals surface area contributed by atoms with Gasteiger partial charge in [-0.3, -0.25) is 0 Å². The number of guanidine groups is 1. The smallest absolute Gasteiger partial charge is 0.193 e. The highest BCUT2D eigenvalue weighted by molar-refractivity contribution is 14.0. The second-order valence-electron chi connectivity index (χ2n) is 6.62. The highest BCUT2D eigenvalue weighted by Gasteiger charge is 2.10. The summed E-state index contributed by atoms with van der Waals surface area (Å²) in [5.74, 6) is 1.49. The number of nitrogens with one attached hydrogen (secondary N) is 1. The van der Waals surface area contributed by atoms with E-state index in [4.69, 9.17) is 5.73 Å². The van der Waals surface area contributed by atoms with Gasteiger partial charge < -0.3 is 16.0 Å². The summed E-state index contributed by atoms with van der Waals surface area (Å²) in [5, 5.41) is 3.12. The van der Waals surface area contributed by atoms with Gasteiger partial charge in [-0.15, -0.1) is 24.0 Å². The third kappa shape index (κ3) is 6.16. The van der Waals surface area contributed by atoms with Crippen LogP contribution in [0.5, 0.6) is 0 Å². The minimum absolute atomic E-state index is 0. The summed E-state index contributed by atoms with van der Waals surface area (Å²) in [6.45, 7) is 4.80. The zero-order chi connectivity index (χ0) is 17.5. The fourth-order valence-electron chi connectivity index (χ4n) is 3.08. The zero-order valence-corrected chi connectivity index (χ0v) is 17.6. The van der Waals surface area contributed by atoms with Crippen LogP contribution in [-0.2, 0) is 6.54 Å². The lowest BCUT2D eigenvalue weighted by molar-refractivity contribution is 0.726. The first-order valence-electron chi connectivity index (χ1n) is 9.04. The van der Waals surface area contributed by atoms with Crippen molar-refractivity contribution in [3.05, 3.63) is 53.7 Å². The van der Waals surface area contributed by atoms with Crippen molar-refractivity contribution in [2.75, 3.05) is 23.3 Å². The molecule has 1 fully saturated rings. The lowest BCUT2D eigenvalue weighted by Crippen LogP contribution is -2.24. The highest BCUT2D eigenvalue weighted by atomic mass is 127. The van der Waals surface area contributed by atoms with Gasteiger partial charge in [0.05, 0.1) is 6.54 Å². The molecule has 0 amide bonds. The van der Waals surface area contributed by atoms with Crippen LogP contribution in [0.15, 0.2) is 47.6 Å². The Morgan fingerprint density at radius 1 is 1.15 bits per heavy atom. The number of halogens is 1. The molecule has 0 bridgehead atoms. The van der Waals surface area contributed by atoms with E-state index in [1.54, 1.807) is 0 Å². The molecule has 26 heavy (non-hydrogen) atoms. The Labute approximate surface area is 173 Å². The van der Waals surface area contributed by atoms with Gasteiger partial charge in [0, 0.05) is 25.0 Å². The Bertz CT molecular complexity index is 706. The molecule has 0 atom stereocenters. The normalized spacial score (nSPS) is 15.1. The maximum atomic E-state index is 5.98. The molecule has 0 unspecified atom stereocenters. The minimum atomic E-state index is 0. The Morgan fingerprint density at radius 2 is 1.92 bits per heavy atom. The number of benzene rings is 1. The zero-order valence-electron chi connectivity index (χ0n) is 15.3. The van der Waals surface area contributed by atoms with Crippen molar-refractivity contribution >= 4 is 41.4 Å². The van der Waals surface area contributed by atoms with Crippen molar-refractivity contribution in [3.8, 4) is 0 Å². The first-order valence-corrected chi connectivity index (χ1v) is 9.04. The molecule has 1 saturated heterocycles. The molecule has 1 aliphatic rings. The molecule has 3 N–H and O–H groups in total. The molecule has 140 valence electrons. The largest absolute Gasteiger partial charge is 0.370 e. The van der Waals surface area contributed by atoms with E-state index in [-0.39, 0.29) is 24.0 Å². The monoisotopic (exact) mass is 465 g/mol. The van der Waals surface area contributed by atoms with Crippen molar-refractivity contribution < 1.29 is 0 Å². The Hall–Kier alpha value is -1.83. The van der Waals surface area contributed by atoms with E-state index in [1.165, 1.54) is 31.2 Å². The molecule has 3 rings (SSSR count). The predicted octanol–water partition coefficient (Wildman–Crippen LogP) is 4.32. The van der Waals surface area contributed by atoms with Crippen LogP contribution >= 0.6 is 24.0 Å². The van der Waals surface area contributed by atoms with Gasteiger partial charge in [-0.25, -0.2) is 9.98 Å². The van der Waals surface area contributed by atoms with Crippen LogP contribution in [-0.4, -0.2) is 24.0 Å². The summed E-state index contributed by atoms with van der Waals surface area (Å²) in [6.07, 6.45) is 7.08. The van der Waals surface area contributed by atoms with Crippen LogP contribution in [0.2, 0.25) is 0 Å². The van der Waals surface area contributed by atoms with E-state index in [0.29, 0.717) is 12.5 Å². The quantitative estimate of drug-likeness (QED) is 0.401. The first-order chi connectivity index (χ1) is 12.2. The van der Waals surface area contributed by atoms with Crippen molar-refractivity contribution in [2.24, 2.45) is 10.7 Å². The number of aryl methyl sites for hydroxylation is 1. The van der Waals surface area contributed by atoms with Gasteiger partial charge >= 0.3 is 0 Å². The average molecular weight is 465 g/mol. The van der Waals surface area contributed by atoms with Crippen molar-refractivity contribution in [2.45, 2.75) is 39.2 Å². The van der Waals surface area contributed by atoms with Gasteiger partial charge in [0.1, 0.15) is 5.82 Å².